The Kier molecular flexibility index (Phi) is 25.7. The Morgan fingerprint density at radius 2 is 0.885 bits per heavy atom. The standard InChI is InChI=1S/C15H25F8NO3Si.C10H15F8NO2Si.CH4.H2O/c1-4-25-28(26-5-2,27-6-3)11-7-9-24-10-8-12(16)13(17,18)14(19,20)15(21,22)23;1-22(20,21)6-2-4-19-5-3-7(11)8(12,13)9(14,15)10(16,17)18;;/h8,24H,4-7,9-11H2,1-3H3;3,19-21H,2,4-6H2,1H3;1H4;1H2/b12-8-;7-3-;;. The molecule has 0 unspecified atom stereocenters. The Balaban J connectivity index is -0.000000438. The summed E-state index contributed by atoms with van der Waals surface area (Å²) >= 11 is 0. The van der Waals surface area contributed by atoms with Gasteiger partial charge in [-0.15, -0.1) is 0 Å². The van der Waals surface area contributed by atoms with Gasteiger partial charge in [0.15, 0.2) is 11.7 Å². The minimum atomic E-state index is -6.59. The highest BCUT2D eigenvalue weighted by Crippen LogP contribution is 2.51. The fourth-order valence-electron chi connectivity index (χ4n) is 3.42. The minimum Gasteiger partial charge on any atom is -0.412 e. The quantitative estimate of drug-likeness (QED) is 0.0516. The monoisotopic (exact) mass is 842 g/mol. The molecule has 0 radical (unpaired) electrons. The number of halogens is 16. The van der Waals surface area contributed by atoms with Gasteiger partial charge in [0.05, 0.1) is 0 Å². The Morgan fingerprint density at radius 3 is 1.13 bits per heavy atom. The lowest BCUT2D eigenvalue weighted by atomic mass is 10.1. The van der Waals surface area contributed by atoms with Crippen LogP contribution in [0.3, 0.4) is 0 Å². The lowest BCUT2D eigenvalue weighted by Gasteiger charge is -2.28. The summed E-state index contributed by atoms with van der Waals surface area (Å²) in [6.07, 6.45) is -12.8. The largest absolute Gasteiger partial charge is 0.500 e. The molecule has 0 aromatic heterocycles. The van der Waals surface area contributed by atoms with Gasteiger partial charge in [0, 0.05) is 39.0 Å². The molecule has 0 saturated heterocycles. The van der Waals surface area contributed by atoms with E-state index < -0.39 is 78.2 Å². The van der Waals surface area contributed by atoms with Gasteiger partial charge in [-0.2, -0.15) is 61.5 Å². The minimum absolute atomic E-state index is 0. The molecule has 0 spiro atoms. The van der Waals surface area contributed by atoms with Gasteiger partial charge in [0.25, 0.3) is 0 Å². The van der Waals surface area contributed by atoms with E-state index in [1.807, 2.05) is 0 Å². The fraction of sp³-hybridized carbons (Fsp3) is 0.846. The van der Waals surface area contributed by atoms with E-state index in [1.165, 1.54) is 6.55 Å². The number of hydrogen-bond donors (Lipinski definition) is 4. The van der Waals surface area contributed by atoms with Crippen molar-refractivity contribution in [3.8, 4) is 0 Å². The summed E-state index contributed by atoms with van der Waals surface area (Å²) in [4.78, 5) is 18.1. The first-order chi connectivity index (χ1) is 22.4. The van der Waals surface area contributed by atoms with Crippen LogP contribution in [0, 0.1) is 0 Å². The van der Waals surface area contributed by atoms with Crippen molar-refractivity contribution in [2.24, 2.45) is 0 Å². The molecular weight excluding hydrogens is 796 g/mol. The highest BCUT2D eigenvalue weighted by Gasteiger charge is 2.75. The third-order valence-electron chi connectivity index (χ3n) is 5.89. The van der Waals surface area contributed by atoms with Crippen LogP contribution in [-0.4, -0.2) is 114 Å². The van der Waals surface area contributed by atoms with E-state index in [9.17, 15) is 70.2 Å². The first kappa shape index (κ1) is 57.2. The summed E-state index contributed by atoms with van der Waals surface area (Å²) in [5.74, 6) is -30.8. The van der Waals surface area contributed by atoms with Crippen molar-refractivity contribution in [1.29, 1.82) is 0 Å². The summed E-state index contributed by atoms with van der Waals surface area (Å²) < 4.78 is 217. The van der Waals surface area contributed by atoms with Crippen LogP contribution >= 0.6 is 0 Å². The maximum absolute atomic E-state index is 13.2. The highest BCUT2D eigenvalue weighted by atomic mass is 28.4. The van der Waals surface area contributed by atoms with Crippen LogP contribution in [0.4, 0.5) is 70.2 Å². The van der Waals surface area contributed by atoms with Crippen molar-refractivity contribution < 1.29 is 98.6 Å². The number of hydrogen-bond acceptors (Lipinski definition) is 7. The molecule has 0 bridgehead atoms. The number of rotatable bonds is 22. The van der Waals surface area contributed by atoms with Crippen molar-refractivity contribution in [1.82, 2.24) is 10.6 Å². The Bertz CT molecular complexity index is 1030. The van der Waals surface area contributed by atoms with Crippen LogP contribution in [0.2, 0.25) is 18.6 Å². The summed E-state index contributed by atoms with van der Waals surface area (Å²) in [5, 5.41) is 4.73. The number of allylic oxidation sites excluding steroid dienone is 2. The van der Waals surface area contributed by atoms with Gasteiger partial charge in [0.1, 0.15) is 0 Å². The average molecular weight is 843 g/mol. The third kappa shape index (κ3) is 17.7. The van der Waals surface area contributed by atoms with Gasteiger partial charge in [0.2, 0.25) is 0 Å². The molecule has 0 aromatic rings. The van der Waals surface area contributed by atoms with E-state index in [2.05, 4.69) is 10.6 Å². The lowest BCUT2D eigenvalue weighted by Crippen LogP contribution is -2.52. The SMILES string of the molecule is C.CCO[Si](CCCNC/C=C(\F)C(F)(F)C(F)(F)C(F)(F)F)(OCC)OCC.C[Si](O)(O)CCCNC/C=C(\F)C(F)(F)C(F)(F)C(F)(F)F.O. The van der Waals surface area contributed by atoms with Gasteiger partial charge in [-0.25, -0.2) is 8.78 Å². The Labute approximate surface area is 292 Å². The van der Waals surface area contributed by atoms with Crippen molar-refractivity contribution in [2.45, 2.75) is 95.7 Å². The molecule has 6 N–H and O–H groups in total. The summed E-state index contributed by atoms with van der Waals surface area (Å²) in [6, 6.07) is 0.374. The summed E-state index contributed by atoms with van der Waals surface area (Å²) in [6.45, 7) is 6.25. The zero-order valence-electron chi connectivity index (χ0n) is 27.6. The van der Waals surface area contributed by atoms with Crippen molar-refractivity contribution in [3.63, 3.8) is 0 Å². The first-order valence-corrected chi connectivity index (χ1v) is 19.1. The molecule has 0 heterocycles. The molecule has 8 nitrogen and oxygen atoms in total. The summed E-state index contributed by atoms with van der Waals surface area (Å²) in [5.41, 5.74) is 0. The lowest BCUT2D eigenvalue weighted by molar-refractivity contribution is -0.347. The normalized spacial score (nSPS) is 14.3. The van der Waals surface area contributed by atoms with Crippen molar-refractivity contribution >= 4 is 17.4 Å². The predicted molar refractivity (Wildman–Crippen MR) is 162 cm³/mol. The predicted octanol–water partition coefficient (Wildman–Crippen LogP) is 7.22. The second-order valence-corrected chi connectivity index (χ2v) is 15.9. The van der Waals surface area contributed by atoms with Gasteiger partial charge < -0.3 is 39.0 Å². The molecular formula is C26H46F16N2O6Si2. The molecule has 52 heavy (non-hydrogen) atoms. The van der Waals surface area contributed by atoms with E-state index in [0.29, 0.717) is 32.3 Å². The molecule has 0 aromatic carbocycles. The zero-order valence-corrected chi connectivity index (χ0v) is 29.6. The molecule has 0 aliphatic carbocycles. The van der Waals surface area contributed by atoms with E-state index in [-0.39, 0.29) is 50.6 Å². The molecule has 316 valence electrons. The van der Waals surface area contributed by atoms with Crippen LogP contribution in [0.5, 0.6) is 0 Å². The van der Waals surface area contributed by atoms with Crippen molar-refractivity contribution in [2.75, 3.05) is 46.0 Å². The van der Waals surface area contributed by atoms with Crippen LogP contribution in [0.25, 0.3) is 0 Å². The molecule has 0 rings (SSSR count). The molecule has 0 amide bonds. The highest BCUT2D eigenvalue weighted by molar-refractivity contribution is 6.63. The first-order valence-electron chi connectivity index (χ1n) is 14.6. The van der Waals surface area contributed by atoms with E-state index in [0.717, 1.165) is 0 Å². The average Bonchev–Trinajstić information content (AvgIpc) is 2.95. The number of alkyl halides is 14. The molecule has 0 fully saturated rings. The second kappa shape index (κ2) is 23.4. The van der Waals surface area contributed by atoms with Crippen LogP contribution in [-0.2, 0) is 13.3 Å². The second-order valence-electron chi connectivity index (χ2n) is 10.2. The van der Waals surface area contributed by atoms with E-state index in [1.54, 1.807) is 20.8 Å². The van der Waals surface area contributed by atoms with E-state index in [4.69, 9.17) is 22.9 Å². The molecule has 26 heteroatoms. The van der Waals surface area contributed by atoms with Gasteiger partial charge in [-0.3, -0.25) is 0 Å². The van der Waals surface area contributed by atoms with Crippen molar-refractivity contribution in [3.05, 3.63) is 23.8 Å². The van der Waals surface area contributed by atoms with Gasteiger partial charge in [-0.1, -0.05) is 7.43 Å². The number of nitrogens with one attached hydrogen (secondary N) is 2. The third-order valence-corrected chi connectivity index (χ3v) is 10.3. The fourth-order valence-corrected chi connectivity index (χ4v) is 6.88. The van der Waals surface area contributed by atoms with Crippen LogP contribution in [0.1, 0.15) is 41.0 Å². The molecule has 0 aliphatic heterocycles. The maximum Gasteiger partial charge on any atom is 0.500 e. The van der Waals surface area contributed by atoms with Crippen LogP contribution < -0.4 is 10.6 Å². The topological polar surface area (TPSA) is 124 Å². The van der Waals surface area contributed by atoms with Gasteiger partial charge >= 0.3 is 53.4 Å². The van der Waals surface area contributed by atoms with E-state index >= 15 is 0 Å². The Hall–Kier alpha value is -1.53. The van der Waals surface area contributed by atoms with Gasteiger partial charge in [-0.05, 0) is 71.4 Å². The summed E-state index contributed by atoms with van der Waals surface area (Å²) in [7, 11) is -6.22. The van der Waals surface area contributed by atoms with Crippen LogP contribution in [0.15, 0.2) is 23.8 Å². The smallest absolute Gasteiger partial charge is 0.412 e. The Morgan fingerprint density at radius 1 is 0.596 bits per heavy atom. The molecule has 0 atom stereocenters. The zero-order chi connectivity index (χ0) is 39.9. The molecule has 0 aliphatic rings. The molecule has 0 saturated carbocycles. The maximum atomic E-state index is 13.2.